The first kappa shape index (κ1) is 17.7. The Morgan fingerprint density at radius 3 is 2.22 bits per heavy atom. The molecule has 0 saturated heterocycles. The third-order valence-electron chi connectivity index (χ3n) is 2.23. The van der Waals surface area contributed by atoms with E-state index in [1.165, 1.54) is 6.92 Å². The van der Waals surface area contributed by atoms with Gasteiger partial charge in [0, 0.05) is 12.6 Å². The first-order valence-electron chi connectivity index (χ1n) is 5.86. The molecular weight excluding hydrogens is 269 g/mol. The van der Waals surface area contributed by atoms with Crippen LogP contribution in [0.4, 0.5) is 13.2 Å². The quantitative estimate of drug-likeness (QED) is 0.691. The van der Waals surface area contributed by atoms with Crippen LogP contribution in [0.2, 0.25) is 0 Å². The molecule has 0 aliphatic rings. The molecule has 4 nitrogen and oxygen atoms in total. The molecule has 0 atom stereocenters. The summed E-state index contributed by atoms with van der Waals surface area (Å²) in [4.78, 5) is 0. The molecule has 0 fully saturated rings. The minimum absolute atomic E-state index is 0.167. The van der Waals surface area contributed by atoms with Crippen molar-refractivity contribution in [1.29, 1.82) is 0 Å². The molecule has 0 rings (SSSR count). The fraction of sp³-hybridized carbons (Fsp3) is 1.00. The molecule has 8 heteroatoms. The standard InChI is InChI=1S/C10H21F3N2O2S/c1-4-15(8-10(11,12)13)18(16,17)7-5-6-14-9(2)3/h9,14H,4-8H2,1-3H3. The van der Waals surface area contributed by atoms with Crippen molar-refractivity contribution >= 4 is 10.0 Å². The summed E-state index contributed by atoms with van der Waals surface area (Å²) >= 11 is 0. The predicted molar refractivity (Wildman–Crippen MR) is 64.8 cm³/mol. The summed E-state index contributed by atoms with van der Waals surface area (Å²) in [5.74, 6) is -0.267. The molecule has 0 aromatic heterocycles. The van der Waals surface area contributed by atoms with Crippen LogP contribution in [-0.4, -0.2) is 50.3 Å². The Balaban J connectivity index is 4.32. The van der Waals surface area contributed by atoms with Gasteiger partial charge in [-0.3, -0.25) is 0 Å². The lowest BCUT2D eigenvalue weighted by Gasteiger charge is -2.21. The zero-order chi connectivity index (χ0) is 14.4. The van der Waals surface area contributed by atoms with Gasteiger partial charge in [0.15, 0.2) is 0 Å². The summed E-state index contributed by atoms with van der Waals surface area (Å²) in [5, 5.41) is 3.02. The summed E-state index contributed by atoms with van der Waals surface area (Å²) in [6.07, 6.45) is -4.20. The van der Waals surface area contributed by atoms with Crippen LogP contribution in [-0.2, 0) is 10.0 Å². The van der Waals surface area contributed by atoms with E-state index < -0.39 is 22.7 Å². The maximum absolute atomic E-state index is 12.2. The van der Waals surface area contributed by atoms with Crippen LogP contribution in [0.5, 0.6) is 0 Å². The normalized spacial score (nSPS) is 13.6. The van der Waals surface area contributed by atoms with Crippen molar-refractivity contribution in [3.8, 4) is 0 Å². The average Bonchev–Trinajstić information content (AvgIpc) is 2.19. The Bertz CT molecular complexity index is 329. The van der Waals surface area contributed by atoms with Crippen LogP contribution < -0.4 is 5.32 Å². The van der Waals surface area contributed by atoms with Gasteiger partial charge >= 0.3 is 6.18 Å². The predicted octanol–water partition coefficient (Wildman–Crippen LogP) is 1.59. The second-order valence-corrected chi connectivity index (χ2v) is 6.41. The van der Waals surface area contributed by atoms with Gasteiger partial charge < -0.3 is 5.32 Å². The first-order chi connectivity index (χ1) is 8.08. The minimum atomic E-state index is -4.50. The maximum atomic E-state index is 12.2. The molecule has 0 aromatic rings. The van der Waals surface area contributed by atoms with Crippen LogP contribution in [0.25, 0.3) is 0 Å². The highest BCUT2D eigenvalue weighted by molar-refractivity contribution is 7.89. The number of halogens is 3. The smallest absolute Gasteiger partial charge is 0.314 e. The molecule has 0 unspecified atom stereocenters. The molecule has 0 heterocycles. The third kappa shape index (κ3) is 7.88. The lowest BCUT2D eigenvalue weighted by molar-refractivity contribution is -0.135. The number of alkyl halides is 3. The molecule has 1 N–H and O–H groups in total. The van der Waals surface area contributed by atoms with Gasteiger partial charge in [0.2, 0.25) is 10.0 Å². The molecule has 0 amide bonds. The van der Waals surface area contributed by atoms with Crippen LogP contribution in [0.3, 0.4) is 0 Å². The van der Waals surface area contributed by atoms with E-state index in [1.54, 1.807) is 0 Å². The van der Waals surface area contributed by atoms with E-state index in [4.69, 9.17) is 0 Å². The number of hydrogen-bond acceptors (Lipinski definition) is 3. The van der Waals surface area contributed by atoms with Crippen LogP contribution in [0.1, 0.15) is 27.2 Å². The fourth-order valence-corrected chi connectivity index (χ4v) is 2.89. The topological polar surface area (TPSA) is 49.4 Å². The zero-order valence-electron chi connectivity index (χ0n) is 10.9. The Labute approximate surface area is 107 Å². The Morgan fingerprint density at radius 1 is 1.28 bits per heavy atom. The van der Waals surface area contributed by atoms with E-state index in [1.807, 2.05) is 13.8 Å². The summed E-state index contributed by atoms with van der Waals surface area (Å²) in [6.45, 7) is 4.12. The van der Waals surface area contributed by atoms with Gasteiger partial charge in [0.25, 0.3) is 0 Å². The highest BCUT2D eigenvalue weighted by Crippen LogP contribution is 2.18. The number of nitrogens with one attached hydrogen (secondary N) is 1. The van der Waals surface area contributed by atoms with Gasteiger partial charge in [0.1, 0.15) is 6.54 Å². The molecule has 0 saturated carbocycles. The molecular formula is C10H21F3N2O2S. The van der Waals surface area contributed by atoms with Crippen molar-refractivity contribution < 1.29 is 21.6 Å². The average molecular weight is 290 g/mol. The lowest BCUT2D eigenvalue weighted by Crippen LogP contribution is -2.40. The van der Waals surface area contributed by atoms with Crippen molar-refractivity contribution in [1.82, 2.24) is 9.62 Å². The summed E-state index contributed by atoms with van der Waals surface area (Å²) in [6, 6.07) is 0.227. The van der Waals surface area contributed by atoms with Crippen molar-refractivity contribution in [2.75, 3.05) is 25.4 Å². The fourth-order valence-electron chi connectivity index (χ4n) is 1.38. The lowest BCUT2D eigenvalue weighted by atomic mass is 10.4. The Kier molecular flexibility index (Phi) is 7.16. The van der Waals surface area contributed by atoms with E-state index in [-0.39, 0.29) is 18.3 Å². The second-order valence-electron chi connectivity index (χ2n) is 4.32. The van der Waals surface area contributed by atoms with Gasteiger partial charge in [0.05, 0.1) is 5.75 Å². The third-order valence-corrected chi connectivity index (χ3v) is 4.21. The van der Waals surface area contributed by atoms with Crippen molar-refractivity contribution in [3.63, 3.8) is 0 Å². The van der Waals surface area contributed by atoms with E-state index in [9.17, 15) is 21.6 Å². The van der Waals surface area contributed by atoms with Gasteiger partial charge in [-0.2, -0.15) is 17.5 Å². The molecule has 0 spiro atoms. The van der Waals surface area contributed by atoms with E-state index in [0.29, 0.717) is 17.3 Å². The van der Waals surface area contributed by atoms with Gasteiger partial charge in [-0.1, -0.05) is 20.8 Å². The molecule has 0 radical (unpaired) electrons. The monoisotopic (exact) mass is 290 g/mol. The van der Waals surface area contributed by atoms with Gasteiger partial charge in [-0.25, -0.2) is 8.42 Å². The van der Waals surface area contributed by atoms with Crippen molar-refractivity contribution in [2.45, 2.75) is 39.4 Å². The molecule has 18 heavy (non-hydrogen) atoms. The largest absolute Gasteiger partial charge is 0.402 e. The van der Waals surface area contributed by atoms with Crippen LogP contribution in [0, 0.1) is 0 Å². The SMILES string of the molecule is CCN(CC(F)(F)F)S(=O)(=O)CCCNC(C)C. The number of hydrogen-bond donors (Lipinski definition) is 1. The molecule has 0 aliphatic carbocycles. The Morgan fingerprint density at radius 2 is 1.83 bits per heavy atom. The van der Waals surface area contributed by atoms with Crippen LogP contribution >= 0.6 is 0 Å². The molecule has 0 aliphatic heterocycles. The Hall–Kier alpha value is -0.340. The summed E-state index contributed by atoms with van der Waals surface area (Å²) < 4.78 is 60.4. The summed E-state index contributed by atoms with van der Waals surface area (Å²) in [7, 11) is -3.83. The first-order valence-corrected chi connectivity index (χ1v) is 7.47. The highest BCUT2D eigenvalue weighted by atomic mass is 32.2. The van der Waals surface area contributed by atoms with E-state index in [0.717, 1.165) is 0 Å². The van der Waals surface area contributed by atoms with Crippen LogP contribution in [0.15, 0.2) is 0 Å². The second kappa shape index (κ2) is 7.30. The zero-order valence-corrected chi connectivity index (χ0v) is 11.7. The maximum Gasteiger partial charge on any atom is 0.402 e. The number of sulfonamides is 1. The molecule has 0 bridgehead atoms. The minimum Gasteiger partial charge on any atom is -0.314 e. The highest BCUT2D eigenvalue weighted by Gasteiger charge is 2.35. The number of rotatable bonds is 8. The van der Waals surface area contributed by atoms with E-state index >= 15 is 0 Å². The van der Waals surface area contributed by atoms with E-state index in [2.05, 4.69) is 5.32 Å². The molecule has 0 aromatic carbocycles. The van der Waals surface area contributed by atoms with Gasteiger partial charge in [-0.05, 0) is 13.0 Å². The number of nitrogens with zero attached hydrogens (tertiary/aromatic N) is 1. The van der Waals surface area contributed by atoms with Crippen molar-refractivity contribution in [3.05, 3.63) is 0 Å². The van der Waals surface area contributed by atoms with Gasteiger partial charge in [-0.15, -0.1) is 0 Å². The summed E-state index contributed by atoms with van der Waals surface area (Å²) in [5.41, 5.74) is 0. The molecule has 110 valence electrons. The van der Waals surface area contributed by atoms with Crippen molar-refractivity contribution in [2.24, 2.45) is 0 Å².